The zero-order valence-corrected chi connectivity index (χ0v) is 12.6. The zero-order valence-electron chi connectivity index (χ0n) is 12.6. The number of nitrogens with two attached hydrogens (primary N) is 1. The molecular formula is C13H18N4O4. The van der Waals surface area contributed by atoms with Crippen LogP contribution in [0.4, 0.5) is 0 Å². The summed E-state index contributed by atoms with van der Waals surface area (Å²) in [6.07, 6.45) is 0. The Kier molecular flexibility index (Phi) is 3.82. The van der Waals surface area contributed by atoms with Crippen LogP contribution in [0.5, 0.6) is 0 Å². The third-order valence-electron chi connectivity index (χ3n) is 2.43. The maximum atomic E-state index is 12.1. The first-order valence-corrected chi connectivity index (χ1v) is 6.44. The predicted molar refractivity (Wildman–Crippen MR) is 72.0 cm³/mol. The van der Waals surface area contributed by atoms with Crippen LogP contribution in [0, 0.1) is 13.8 Å². The molecule has 0 aliphatic heterocycles. The highest BCUT2D eigenvalue weighted by atomic mass is 16.6. The largest absolute Gasteiger partial charge is 0.458 e. The molecule has 0 fully saturated rings. The maximum Gasteiger partial charge on any atom is 0.331 e. The van der Waals surface area contributed by atoms with Crippen LogP contribution in [-0.2, 0) is 9.53 Å². The molecule has 8 heteroatoms. The van der Waals surface area contributed by atoms with Gasteiger partial charge >= 0.3 is 5.97 Å². The standard InChI is InChI=1S/C13H18N4O4/c1-6-15-11(21-17-6)9-10(19-7(2)16-9)8(14)12(18)20-13(3,4)5/h8H,14H2,1-5H3. The van der Waals surface area contributed by atoms with Gasteiger partial charge in [-0.2, -0.15) is 4.98 Å². The van der Waals surface area contributed by atoms with Crippen molar-refractivity contribution < 1.29 is 18.5 Å². The first-order chi connectivity index (χ1) is 9.67. The number of aromatic nitrogens is 3. The van der Waals surface area contributed by atoms with Gasteiger partial charge in [0.2, 0.25) is 0 Å². The quantitative estimate of drug-likeness (QED) is 0.849. The fourth-order valence-electron chi connectivity index (χ4n) is 1.67. The molecule has 1 unspecified atom stereocenters. The molecule has 2 N–H and O–H groups in total. The second kappa shape index (κ2) is 5.28. The van der Waals surface area contributed by atoms with Crippen molar-refractivity contribution in [1.82, 2.24) is 15.1 Å². The molecule has 1 atom stereocenters. The second-order valence-electron chi connectivity index (χ2n) is 5.60. The third kappa shape index (κ3) is 3.46. The molecule has 0 radical (unpaired) electrons. The van der Waals surface area contributed by atoms with E-state index in [-0.39, 0.29) is 17.3 Å². The Labute approximate surface area is 121 Å². The smallest absolute Gasteiger partial charge is 0.331 e. The first kappa shape index (κ1) is 15.2. The van der Waals surface area contributed by atoms with Gasteiger partial charge in [0.15, 0.2) is 29.2 Å². The lowest BCUT2D eigenvalue weighted by atomic mass is 10.1. The summed E-state index contributed by atoms with van der Waals surface area (Å²) in [6.45, 7) is 8.58. The van der Waals surface area contributed by atoms with Crippen molar-refractivity contribution in [3.63, 3.8) is 0 Å². The Hall–Kier alpha value is -2.22. The summed E-state index contributed by atoms with van der Waals surface area (Å²) < 4.78 is 15.7. The highest BCUT2D eigenvalue weighted by molar-refractivity contribution is 5.79. The van der Waals surface area contributed by atoms with Crippen LogP contribution >= 0.6 is 0 Å². The molecule has 2 aromatic rings. The van der Waals surface area contributed by atoms with E-state index >= 15 is 0 Å². The van der Waals surface area contributed by atoms with Crippen molar-refractivity contribution in [1.29, 1.82) is 0 Å². The van der Waals surface area contributed by atoms with Gasteiger partial charge < -0.3 is 19.4 Å². The lowest BCUT2D eigenvalue weighted by molar-refractivity contribution is -0.157. The van der Waals surface area contributed by atoms with Crippen LogP contribution < -0.4 is 5.73 Å². The van der Waals surface area contributed by atoms with Crippen molar-refractivity contribution in [2.24, 2.45) is 5.73 Å². The fraction of sp³-hybridized carbons (Fsp3) is 0.538. The number of nitrogens with zero attached hydrogens (tertiary/aromatic N) is 3. The van der Waals surface area contributed by atoms with E-state index in [1.807, 2.05) is 0 Å². The molecule has 0 amide bonds. The average Bonchev–Trinajstić information content (AvgIpc) is 2.92. The van der Waals surface area contributed by atoms with E-state index < -0.39 is 17.6 Å². The number of oxazole rings is 1. The van der Waals surface area contributed by atoms with Crippen LogP contribution in [0.25, 0.3) is 11.6 Å². The summed E-state index contributed by atoms with van der Waals surface area (Å²) in [5.41, 5.74) is 5.51. The molecule has 2 aromatic heterocycles. The molecule has 0 aliphatic carbocycles. The molecule has 114 valence electrons. The van der Waals surface area contributed by atoms with Crippen molar-refractivity contribution in [3.8, 4) is 11.6 Å². The van der Waals surface area contributed by atoms with Crippen LogP contribution in [0.3, 0.4) is 0 Å². The predicted octanol–water partition coefficient (Wildman–Crippen LogP) is 1.68. The number of rotatable bonds is 3. The van der Waals surface area contributed by atoms with E-state index in [0.717, 1.165) is 0 Å². The van der Waals surface area contributed by atoms with Gasteiger partial charge in [0.25, 0.3) is 5.89 Å². The molecular weight excluding hydrogens is 276 g/mol. The summed E-state index contributed by atoms with van der Waals surface area (Å²) in [5.74, 6) is 0.470. The Bertz CT molecular complexity index is 653. The van der Waals surface area contributed by atoms with Crippen LogP contribution in [0.15, 0.2) is 8.94 Å². The molecule has 8 nitrogen and oxygen atoms in total. The molecule has 21 heavy (non-hydrogen) atoms. The molecule has 0 saturated carbocycles. The normalized spacial score (nSPS) is 13.2. The lowest BCUT2D eigenvalue weighted by Gasteiger charge is -2.21. The molecule has 0 saturated heterocycles. The minimum absolute atomic E-state index is 0.144. The van der Waals surface area contributed by atoms with E-state index in [9.17, 15) is 4.79 Å². The van der Waals surface area contributed by atoms with E-state index in [4.69, 9.17) is 19.4 Å². The Morgan fingerprint density at radius 1 is 1.29 bits per heavy atom. The number of aryl methyl sites for hydroxylation is 2. The van der Waals surface area contributed by atoms with Crippen molar-refractivity contribution in [2.75, 3.05) is 0 Å². The Balaban J connectivity index is 2.34. The van der Waals surface area contributed by atoms with Gasteiger partial charge in [-0.15, -0.1) is 0 Å². The highest BCUT2D eigenvalue weighted by Gasteiger charge is 2.31. The van der Waals surface area contributed by atoms with E-state index in [1.54, 1.807) is 34.6 Å². The first-order valence-electron chi connectivity index (χ1n) is 6.44. The summed E-state index contributed by atoms with van der Waals surface area (Å²) in [7, 11) is 0. The van der Waals surface area contributed by atoms with Gasteiger partial charge in [0.1, 0.15) is 5.60 Å². The minimum Gasteiger partial charge on any atom is -0.458 e. The van der Waals surface area contributed by atoms with Gasteiger partial charge in [-0.05, 0) is 27.7 Å². The fourth-order valence-corrected chi connectivity index (χ4v) is 1.67. The van der Waals surface area contributed by atoms with Crippen LogP contribution in [0.2, 0.25) is 0 Å². The number of hydrogen-bond acceptors (Lipinski definition) is 8. The number of hydrogen-bond donors (Lipinski definition) is 1. The van der Waals surface area contributed by atoms with Gasteiger partial charge in [0.05, 0.1) is 0 Å². The van der Waals surface area contributed by atoms with Gasteiger partial charge in [-0.1, -0.05) is 5.16 Å². The van der Waals surface area contributed by atoms with E-state index in [1.165, 1.54) is 0 Å². The number of carbonyl (C=O) groups excluding carboxylic acids is 1. The van der Waals surface area contributed by atoms with Crippen LogP contribution in [0.1, 0.15) is 44.3 Å². The second-order valence-corrected chi connectivity index (χ2v) is 5.60. The average molecular weight is 294 g/mol. The molecule has 2 heterocycles. The number of esters is 1. The third-order valence-corrected chi connectivity index (χ3v) is 2.43. The minimum atomic E-state index is -1.12. The van der Waals surface area contributed by atoms with Crippen molar-refractivity contribution in [2.45, 2.75) is 46.3 Å². The molecule has 0 spiro atoms. The summed E-state index contributed by atoms with van der Waals surface area (Å²) in [4.78, 5) is 20.3. The van der Waals surface area contributed by atoms with Crippen molar-refractivity contribution in [3.05, 3.63) is 17.5 Å². The maximum absolute atomic E-state index is 12.1. The van der Waals surface area contributed by atoms with Gasteiger partial charge in [-0.25, -0.2) is 9.78 Å². The zero-order chi connectivity index (χ0) is 15.8. The summed E-state index contributed by atoms with van der Waals surface area (Å²) in [5, 5.41) is 3.68. The van der Waals surface area contributed by atoms with E-state index in [2.05, 4.69) is 15.1 Å². The number of ether oxygens (including phenoxy) is 1. The molecule has 2 rings (SSSR count). The Morgan fingerprint density at radius 3 is 2.48 bits per heavy atom. The molecule has 0 aromatic carbocycles. The summed E-state index contributed by atoms with van der Waals surface area (Å²) >= 11 is 0. The van der Waals surface area contributed by atoms with Crippen LogP contribution in [-0.4, -0.2) is 26.7 Å². The molecule has 0 bridgehead atoms. The van der Waals surface area contributed by atoms with Crippen molar-refractivity contribution >= 4 is 5.97 Å². The number of carbonyl (C=O) groups is 1. The monoisotopic (exact) mass is 294 g/mol. The SMILES string of the molecule is Cc1noc(-c2nc(C)oc2C(N)C(=O)OC(C)(C)C)n1. The molecule has 0 aliphatic rings. The van der Waals surface area contributed by atoms with E-state index in [0.29, 0.717) is 11.7 Å². The Morgan fingerprint density at radius 2 is 1.95 bits per heavy atom. The lowest BCUT2D eigenvalue weighted by Crippen LogP contribution is -2.31. The highest BCUT2D eigenvalue weighted by Crippen LogP contribution is 2.28. The van der Waals surface area contributed by atoms with Gasteiger partial charge in [0, 0.05) is 6.92 Å². The topological polar surface area (TPSA) is 117 Å². The van der Waals surface area contributed by atoms with Gasteiger partial charge in [-0.3, -0.25) is 0 Å². The summed E-state index contributed by atoms with van der Waals surface area (Å²) in [6, 6.07) is -1.12.